The van der Waals surface area contributed by atoms with Gasteiger partial charge in [0.15, 0.2) is 0 Å². The summed E-state index contributed by atoms with van der Waals surface area (Å²) >= 11 is 0. The van der Waals surface area contributed by atoms with Crippen LogP contribution in [0.2, 0.25) is 0 Å². The summed E-state index contributed by atoms with van der Waals surface area (Å²) in [6.45, 7) is 5.31. The van der Waals surface area contributed by atoms with Gasteiger partial charge in [-0.3, -0.25) is 9.20 Å². The Morgan fingerprint density at radius 2 is 1.97 bits per heavy atom. The van der Waals surface area contributed by atoms with Crippen LogP contribution < -0.4 is 15.0 Å². The Bertz CT molecular complexity index is 1230. The minimum Gasteiger partial charge on any atom is -0.497 e. The van der Waals surface area contributed by atoms with Gasteiger partial charge < -0.3 is 24.3 Å². The number of hydrogen-bond acceptors (Lipinski definition) is 6. The molecular weight excluding hydrogens is 444 g/mol. The lowest BCUT2D eigenvalue weighted by molar-refractivity contribution is 0.0952. The first-order valence-corrected chi connectivity index (χ1v) is 11.7. The van der Waals surface area contributed by atoms with E-state index in [-0.39, 0.29) is 5.91 Å². The van der Waals surface area contributed by atoms with Crippen LogP contribution in [0.25, 0.3) is 5.65 Å². The van der Waals surface area contributed by atoms with E-state index < -0.39 is 0 Å². The van der Waals surface area contributed by atoms with E-state index in [9.17, 15) is 4.79 Å². The number of carbonyl (C=O) groups is 1. The second-order valence-corrected chi connectivity index (χ2v) is 8.34. The summed E-state index contributed by atoms with van der Waals surface area (Å²) in [6.07, 6.45) is 8.14. The number of benzene rings is 1. The molecule has 0 aliphatic heterocycles. The van der Waals surface area contributed by atoms with E-state index in [1.807, 2.05) is 52.6 Å². The van der Waals surface area contributed by atoms with E-state index in [1.54, 1.807) is 26.7 Å². The molecule has 35 heavy (non-hydrogen) atoms. The van der Waals surface area contributed by atoms with E-state index in [2.05, 4.69) is 27.3 Å². The predicted molar refractivity (Wildman–Crippen MR) is 135 cm³/mol. The molecular formula is C26H32N6O3. The fraction of sp³-hybridized carbons (Fsp3) is 0.346. The first-order valence-electron chi connectivity index (χ1n) is 11.7. The SMILES string of the molecule is COCCN(Cc1ccc(OC)cc1)c1c(C)nc2ccc(C(=O)NCCCn3ccnc3)cn12. The standard InChI is InChI=1S/C26H32N6O3/c1-20-26(31(15-16-34-2)17-21-5-8-23(35-3)9-6-21)32-18-22(7-10-24(32)29-20)25(33)28-11-4-13-30-14-12-27-19-30/h5-10,12,14,18-19H,4,11,13,15-17H2,1-3H3,(H,28,33). The third kappa shape index (κ3) is 5.99. The number of anilines is 1. The lowest BCUT2D eigenvalue weighted by Crippen LogP contribution is -2.29. The van der Waals surface area contributed by atoms with Crippen LogP contribution in [0.15, 0.2) is 61.3 Å². The third-order valence-electron chi connectivity index (χ3n) is 5.86. The molecule has 184 valence electrons. The average molecular weight is 477 g/mol. The van der Waals surface area contributed by atoms with Crippen LogP contribution in [0.5, 0.6) is 5.75 Å². The topological polar surface area (TPSA) is 85.9 Å². The van der Waals surface area contributed by atoms with Gasteiger partial charge in [0.05, 0.1) is 31.3 Å². The van der Waals surface area contributed by atoms with Gasteiger partial charge in [0.1, 0.15) is 17.2 Å². The molecule has 0 unspecified atom stereocenters. The van der Waals surface area contributed by atoms with Gasteiger partial charge in [0.25, 0.3) is 5.91 Å². The first-order chi connectivity index (χ1) is 17.1. The number of nitrogens with one attached hydrogen (secondary N) is 1. The maximum Gasteiger partial charge on any atom is 0.252 e. The fourth-order valence-electron chi connectivity index (χ4n) is 4.06. The van der Waals surface area contributed by atoms with Crippen molar-refractivity contribution < 1.29 is 14.3 Å². The van der Waals surface area contributed by atoms with E-state index in [4.69, 9.17) is 14.5 Å². The van der Waals surface area contributed by atoms with E-state index in [0.717, 1.165) is 41.4 Å². The molecule has 0 saturated carbocycles. The van der Waals surface area contributed by atoms with Crippen LogP contribution in [0.1, 0.15) is 28.0 Å². The zero-order valence-corrected chi connectivity index (χ0v) is 20.5. The Morgan fingerprint density at radius 1 is 1.14 bits per heavy atom. The smallest absolute Gasteiger partial charge is 0.252 e. The van der Waals surface area contributed by atoms with Gasteiger partial charge in [0.2, 0.25) is 0 Å². The highest BCUT2D eigenvalue weighted by Crippen LogP contribution is 2.25. The molecule has 0 aliphatic carbocycles. The van der Waals surface area contributed by atoms with Crippen LogP contribution in [-0.4, -0.2) is 58.8 Å². The summed E-state index contributed by atoms with van der Waals surface area (Å²) in [5.74, 6) is 1.67. The van der Waals surface area contributed by atoms with Gasteiger partial charge >= 0.3 is 0 Å². The lowest BCUT2D eigenvalue weighted by atomic mass is 10.2. The Morgan fingerprint density at radius 3 is 2.69 bits per heavy atom. The number of methoxy groups -OCH3 is 2. The van der Waals surface area contributed by atoms with Gasteiger partial charge in [-0.15, -0.1) is 0 Å². The highest BCUT2D eigenvalue weighted by atomic mass is 16.5. The molecule has 0 radical (unpaired) electrons. The molecule has 4 aromatic rings. The number of pyridine rings is 1. The number of aromatic nitrogens is 4. The highest BCUT2D eigenvalue weighted by molar-refractivity contribution is 5.94. The molecule has 0 atom stereocenters. The molecule has 0 saturated heterocycles. The van der Waals surface area contributed by atoms with Crippen molar-refractivity contribution in [2.75, 3.05) is 38.8 Å². The number of imidazole rings is 2. The Kier molecular flexibility index (Phi) is 7.99. The minimum atomic E-state index is -0.103. The highest BCUT2D eigenvalue weighted by Gasteiger charge is 2.18. The number of hydrogen-bond donors (Lipinski definition) is 1. The second kappa shape index (κ2) is 11.5. The van der Waals surface area contributed by atoms with Gasteiger partial charge in [-0.1, -0.05) is 12.1 Å². The monoisotopic (exact) mass is 476 g/mol. The van der Waals surface area contributed by atoms with Gasteiger partial charge in [-0.2, -0.15) is 0 Å². The minimum absolute atomic E-state index is 0.103. The van der Waals surface area contributed by atoms with E-state index in [1.165, 1.54) is 0 Å². The summed E-state index contributed by atoms with van der Waals surface area (Å²) in [6, 6.07) is 11.7. The molecule has 3 heterocycles. The van der Waals surface area contributed by atoms with Crippen molar-refractivity contribution in [3.8, 4) is 5.75 Å². The van der Waals surface area contributed by atoms with Crippen LogP contribution in [0.3, 0.4) is 0 Å². The van der Waals surface area contributed by atoms with Crippen molar-refractivity contribution in [2.45, 2.75) is 26.4 Å². The maximum absolute atomic E-state index is 12.9. The molecule has 9 heteroatoms. The summed E-state index contributed by atoms with van der Waals surface area (Å²) in [5, 5.41) is 3.01. The van der Waals surface area contributed by atoms with Crippen LogP contribution in [0.4, 0.5) is 5.82 Å². The number of amides is 1. The maximum atomic E-state index is 12.9. The van der Waals surface area contributed by atoms with Gasteiger partial charge in [-0.05, 0) is 43.2 Å². The van der Waals surface area contributed by atoms with Gasteiger partial charge in [-0.25, -0.2) is 9.97 Å². The van der Waals surface area contributed by atoms with Crippen molar-refractivity contribution in [1.29, 1.82) is 0 Å². The van der Waals surface area contributed by atoms with Crippen LogP contribution >= 0.6 is 0 Å². The molecule has 3 aromatic heterocycles. The average Bonchev–Trinajstić information content (AvgIpc) is 3.51. The normalized spacial score (nSPS) is 11.1. The number of aryl methyl sites for hydroxylation is 2. The third-order valence-corrected chi connectivity index (χ3v) is 5.86. The molecule has 4 rings (SSSR count). The van der Waals surface area contributed by atoms with Crippen LogP contribution in [0, 0.1) is 6.92 Å². The molecule has 1 aromatic carbocycles. The molecule has 1 N–H and O–H groups in total. The van der Waals surface area contributed by atoms with E-state index >= 15 is 0 Å². The first kappa shape index (κ1) is 24.3. The molecule has 0 spiro atoms. The molecule has 9 nitrogen and oxygen atoms in total. The zero-order valence-electron chi connectivity index (χ0n) is 20.5. The summed E-state index contributed by atoms with van der Waals surface area (Å²) < 4.78 is 14.7. The van der Waals surface area contributed by atoms with Crippen molar-refractivity contribution in [3.05, 3.63) is 78.1 Å². The second-order valence-electron chi connectivity index (χ2n) is 8.34. The van der Waals surface area contributed by atoms with Crippen molar-refractivity contribution in [2.24, 2.45) is 0 Å². The quantitative estimate of drug-likeness (QED) is 0.316. The molecule has 0 aliphatic rings. The Balaban J connectivity index is 1.53. The number of carbonyl (C=O) groups excluding carboxylic acids is 1. The summed E-state index contributed by atoms with van der Waals surface area (Å²) in [5.41, 5.74) is 3.43. The number of fused-ring (bicyclic) bond motifs is 1. The lowest BCUT2D eigenvalue weighted by Gasteiger charge is -2.25. The van der Waals surface area contributed by atoms with E-state index in [0.29, 0.717) is 31.8 Å². The fourth-order valence-corrected chi connectivity index (χ4v) is 4.06. The molecule has 0 fully saturated rings. The largest absolute Gasteiger partial charge is 0.497 e. The molecule has 0 bridgehead atoms. The predicted octanol–water partition coefficient (Wildman–Crippen LogP) is 3.32. The van der Waals surface area contributed by atoms with Crippen molar-refractivity contribution >= 4 is 17.4 Å². The number of rotatable bonds is 12. The zero-order chi connectivity index (χ0) is 24.6. The Hall–Kier alpha value is -3.85. The van der Waals surface area contributed by atoms with Crippen molar-refractivity contribution in [1.82, 2.24) is 24.3 Å². The molecule has 1 amide bonds. The van der Waals surface area contributed by atoms with Gasteiger partial charge in [0, 0.05) is 51.9 Å². The van der Waals surface area contributed by atoms with Crippen LogP contribution in [-0.2, 0) is 17.8 Å². The summed E-state index contributed by atoms with van der Waals surface area (Å²) in [7, 11) is 3.36. The number of nitrogens with zero attached hydrogens (tertiary/aromatic N) is 5. The number of ether oxygens (including phenoxy) is 2. The summed E-state index contributed by atoms with van der Waals surface area (Å²) in [4.78, 5) is 23.9. The van der Waals surface area contributed by atoms with Crippen molar-refractivity contribution in [3.63, 3.8) is 0 Å². The Labute approximate surface area is 205 Å².